The molecule has 1 aliphatic carbocycles. The number of hydrogen-bond donors (Lipinski definition) is 2. The van der Waals surface area contributed by atoms with Crippen LogP contribution in [0.2, 0.25) is 0 Å². The van der Waals surface area contributed by atoms with Crippen LogP contribution in [0.1, 0.15) is 48.0 Å². The lowest BCUT2D eigenvalue weighted by molar-refractivity contribution is -0.118. The van der Waals surface area contributed by atoms with Crippen molar-refractivity contribution in [3.8, 4) is 5.75 Å². The minimum absolute atomic E-state index is 0.109. The number of aryl methyl sites for hydroxylation is 1. The van der Waals surface area contributed by atoms with Crippen LogP contribution in [0.3, 0.4) is 0 Å². The van der Waals surface area contributed by atoms with Crippen molar-refractivity contribution in [1.29, 1.82) is 0 Å². The van der Waals surface area contributed by atoms with Crippen LogP contribution in [-0.2, 0) is 4.79 Å². The number of rotatable bonds is 6. The molecule has 27 heavy (non-hydrogen) atoms. The molecule has 142 valence electrons. The molecule has 0 spiro atoms. The molecule has 1 aliphatic rings. The van der Waals surface area contributed by atoms with E-state index in [0.717, 1.165) is 31.2 Å². The van der Waals surface area contributed by atoms with Crippen LogP contribution in [0.25, 0.3) is 0 Å². The number of ether oxygens (including phenoxy) is 1. The molecule has 2 aromatic carbocycles. The Morgan fingerprint density at radius 1 is 1.04 bits per heavy atom. The number of anilines is 1. The molecule has 5 heteroatoms. The van der Waals surface area contributed by atoms with E-state index in [2.05, 4.69) is 10.6 Å². The summed E-state index contributed by atoms with van der Waals surface area (Å²) in [6.45, 7) is 1.86. The first kappa shape index (κ1) is 19.0. The zero-order chi connectivity index (χ0) is 19.1. The Kier molecular flexibility index (Phi) is 6.47. The third kappa shape index (κ3) is 5.58. The SMILES string of the molecule is Cc1cccc(OCC(=O)Nc2ccccc2C(=O)NC2CCCCC2)c1. The predicted molar refractivity (Wildman–Crippen MR) is 106 cm³/mol. The second kappa shape index (κ2) is 9.21. The maximum atomic E-state index is 12.6. The fourth-order valence-electron chi connectivity index (χ4n) is 3.34. The van der Waals surface area contributed by atoms with Gasteiger partial charge in [0.15, 0.2) is 6.61 Å². The molecule has 0 saturated heterocycles. The van der Waals surface area contributed by atoms with Crippen molar-refractivity contribution in [3.63, 3.8) is 0 Å². The van der Waals surface area contributed by atoms with Crippen molar-refractivity contribution in [2.45, 2.75) is 45.1 Å². The summed E-state index contributed by atoms with van der Waals surface area (Å²) in [5.41, 5.74) is 2.05. The minimum atomic E-state index is -0.297. The molecular weight excluding hydrogens is 340 g/mol. The van der Waals surface area contributed by atoms with Gasteiger partial charge in [-0.05, 0) is 49.6 Å². The first-order chi connectivity index (χ1) is 13.1. The fourth-order valence-corrected chi connectivity index (χ4v) is 3.34. The summed E-state index contributed by atoms with van der Waals surface area (Å²) in [6.07, 6.45) is 5.58. The minimum Gasteiger partial charge on any atom is -0.484 e. The van der Waals surface area contributed by atoms with Crippen LogP contribution in [0.15, 0.2) is 48.5 Å². The van der Waals surface area contributed by atoms with Gasteiger partial charge in [0, 0.05) is 6.04 Å². The van der Waals surface area contributed by atoms with Gasteiger partial charge in [-0.2, -0.15) is 0 Å². The summed E-state index contributed by atoms with van der Waals surface area (Å²) in [7, 11) is 0. The second-order valence-corrected chi connectivity index (χ2v) is 7.01. The molecule has 1 fully saturated rings. The maximum Gasteiger partial charge on any atom is 0.262 e. The van der Waals surface area contributed by atoms with Crippen molar-refractivity contribution in [2.24, 2.45) is 0 Å². The van der Waals surface area contributed by atoms with E-state index >= 15 is 0 Å². The summed E-state index contributed by atoms with van der Waals surface area (Å²) in [6, 6.07) is 14.8. The van der Waals surface area contributed by atoms with E-state index in [9.17, 15) is 9.59 Å². The van der Waals surface area contributed by atoms with Crippen LogP contribution >= 0.6 is 0 Å². The molecular formula is C22H26N2O3. The zero-order valence-corrected chi connectivity index (χ0v) is 15.7. The second-order valence-electron chi connectivity index (χ2n) is 7.01. The maximum absolute atomic E-state index is 12.6. The van der Waals surface area contributed by atoms with Gasteiger partial charge in [-0.3, -0.25) is 9.59 Å². The van der Waals surface area contributed by atoms with Gasteiger partial charge in [0.2, 0.25) is 0 Å². The van der Waals surface area contributed by atoms with E-state index in [1.807, 2.05) is 31.2 Å². The van der Waals surface area contributed by atoms with Crippen LogP contribution < -0.4 is 15.4 Å². The van der Waals surface area contributed by atoms with Gasteiger partial charge in [-0.15, -0.1) is 0 Å². The van der Waals surface area contributed by atoms with Crippen molar-refractivity contribution < 1.29 is 14.3 Å². The van der Waals surface area contributed by atoms with Crippen molar-refractivity contribution in [3.05, 3.63) is 59.7 Å². The van der Waals surface area contributed by atoms with E-state index in [-0.39, 0.29) is 24.5 Å². The Morgan fingerprint density at radius 2 is 1.81 bits per heavy atom. The molecule has 1 saturated carbocycles. The van der Waals surface area contributed by atoms with E-state index < -0.39 is 0 Å². The van der Waals surface area contributed by atoms with Gasteiger partial charge >= 0.3 is 0 Å². The van der Waals surface area contributed by atoms with Gasteiger partial charge in [-0.1, -0.05) is 43.5 Å². The first-order valence-corrected chi connectivity index (χ1v) is 9.51. The number of hydrogen-bond acceptors (Lipinski definition) is 3. The third-order valence-corrected chi connectivity index (χ3v) is 4.75. The number of nitrogens with one attached hydrogen (secondary N) is 2. The first-order valence-electron chi connectivity index (χ1n) is 9.51. The number of carbonyl (C=O) groups excluding carboxylic acids is 2. The highest BCUT2D eigenvalue weighted by Gasteiger charge is 2.19. The van der Waals surface area contributed by atoms with E-state index in [1.165, 1.54) is 6.42 Å². The standard InChI is InChI=1S/C22H26N2O3/c1-16-8-7-11-18(14-16)27-15-21(25)24-20-13-6-5-12-19(20)22(26)23-17-9-3-2-4-10-17/h5-8,11-14,17H,2-4,9-10,15H2,1H3,(H,23,26)(H,24,25). The van der Waals surface area contributed by atoms with E-state index in [1.54, 1.807) is 24.3 Å². The molecule has 0 aliphatic heterocycles. The van der Waals surface area contributed by atoms with Gasteiger partial charge in [0.05, 0.1) is 11.3 Å². The fraction of sp³-hybridized carbons (Fsp3) is 0.364. The normalized spacial score (nSPS) is 14.4. The molecule has 3 rings (SSSR count). The molecule has 0 radical (unpaired) electrons. The monoisotopic (exact) mass is 366 g/mol. The Bertz CT molecular complexity index is 798. The summed E-state index contributed by atoms with van der Waals surface area (Å²) in [4.78, 5) is 24.9. The summed E-state index contributed by atoms with van der Waals surface area (Å²) < 4.78 is 5.53. The van der Waals surface area contributed by atoms with Gasteiger partial charge < -0.3 is 15.4 Å². The molecule has 0 unspecified atom stereocenters. The Labute approximate surface area is 160 Å². The molecule has 5 nitrogen and oxygen atoms in total. The van der Waals surface area contributed by atoms with Crippen molar-refractivity contribution >= 4 is 17.5 Å². The molecule has 0 aromatic heterocycles. The Morgan fingerprint density at radius 3 is 2.59 bits per heavy atom. The average Bonchev–Trinajstić information content (AvgIpc) is 2.68. The van der Waals surface area contributed by atoms with E-state index in [4.69, 9.17) is 4.74 Å². The molecule has 0 bridgehead atoms. The lowest BCUT2D eigenvalue weighted by Crippen LogP contribution is -2.36. The highest BCUT2D eigenvalue weighted by atomic mass is 16.5. The van der Waals surface area contributed by atoms with Crippen LogP contribution in [0.4, 0.5) is 5.69 Å². The number of para-hydroxylation sites is 1. The van der Waals surface area contributed by atoms with Crippen LogP contribution in [0, 0.1) is 6.92 Å². The van der Waals surface area contributed by atoms with Gasteiger partial charge in [0.25, 0.3) is 11.8 Å². The molecule has 2 N–H and O–H groups in total. The van der Waals surface area contributed by atoms with Crippen molar-refractivity contribution in [2.75, 3.05) is 11.9 Å². The smallest absolute Gasteiger partial charge is 0.262 e. The quantitative estimate of drug-likeness (QED) is 0.810. The average molecular weight is 366 g/mol. The number of carbonyl (C=O) groups is 2. The largest absolute Gasteiger partial charge is 0.484 e. The van der Waals surface area contributed by atoms with Gasteiger partial charge in [0.1, 0.15) is 5.75 Å². The van der Waals surface area contributed by atoms with E-state index in [0.29, 0.717) is 17.0 Å². The Balaban J connectivity index is 1.59. The summed E-state index contributed by atoms with van der Waals surface area (Å²) >= 11 is 0. The van der Waals surface area contributed by atoms with Crippen molar-refractivity contribution in [1.82, 2.24) is 5.32 Å². The molecule has 2 amide bonds. The number of amides is 2. The summed E-state index contributed by atoms with van der Waals surface area (Å²) in [5, 5.41) is 5.88. The predicted octanol–water partition coefficient (Wildman–Crippen LogP) is 4.08. The highest BCUT2D eigenvalue weighted by Crippen LogP contribution is 2.20. The molecule has 2 aromatic rings. The van der Waals surface area contributed by atoms with Crippen LogP contribution in [-0.4, -0.2) is 24.5 Å². The lowest BCUT2D eigenvalue weighted by Gasteiger charge is -2.23. The van der Waals surface area contributed by atoms with Gasteiger partial charge in [-0.25, -0.2) is 0 Å². The Hall–Kier alpha value is -2.82. The molecule has 0 heterocycles. The zero-order valence-electron chi connectivity index (χ0n) is 15.7. The van der Waals surface area contributed by atoms with Crippen LogP contribution in [0.5, 0.6) is 5.75 Å². The number of benzene rings is 2. The highest BCUT2D eigenvalue weighted by molar-refractivity contribution is 6.04. The lowest BCUT2D eigenvalue weighted by atomic mass is 9.95. The molecule has 0 atom stereocenters. The summed E-state index contributed by atoms with van der Waals surface area (Å²) in [5.74, 6) is 0.209. The topological polar surface area (TPSA) is 67.4 Å². The third-order valence-electron chi connectivity index (χ3n) is 4.75.